The zero-order chi connectivity index (χ0) is 22.1. The minimum atomic E-state index is -0.419. The minimum Gasteiger partial charge on any atom is -0.349 e. The molecular formula is C21H23FN6O3. The van der Waals surface area contributed by atoms with Gasteiger partial charge in [0.15, 0.2) is 11.2 Å². The number of hydrogen-bond acceptors (Lipinski definition) is 5. The van der Waals surface area contributed by atoms with Crippen LogP contribution in [0.1, 0.15) is 47.6 Å². The Bertz CT molecular complexity index is 1180. The number of aromatic nitrogens is 4. The molecule has 0 spiro atoms. The molecule has 162 valence electrons. The van der Waals surface area contributed by atoms with Crippen LogP contribution in [-0.4, -0.2) is 49.6 Å². The average molecular weight is 426 g/mol. The summed E-state index contributed by atoms with van der Waals surface area (Å²) < 4.78 is 14.4. The van der Waals surface area contributed by atoms with Gasteiger partial charge in [-0.25, -0.2) is 8.91 Å². The predicted octanol–water partition coefficient (Wildman–Crippen LogP) is 1.59. The number of fused-ring (bicyclic) bond motifs is 1. The lowest BCUT2D eigenvalue weighted by atomic mass is 9.95. The molecule has 1 aliphatic heterocycles. The number of piperidine rings is 1. The minimum absolute atomic E-state index is 0.00841. The van der Waals surface area contributed by atoms with E-state index >= 15 is 0 Å². The first-order valence-electron chi connectivity index (χ1n) is 10.1. The van der Waals surface area contributed by atoms with Crippen molar-refractivity contribution in [3.63, 3.8) is 0 Å². The SMILES string of the molecule is Cc1cn2nnc(C(=O)N3CCC(C(=O)N[C@H](C)c4ccc(F)cc4)CC3)c2c(=O)[nH]1. The highest BCUT2D eigenvalue weighted by atomic mass is 19.1. The van der Waals surface area contributed by atoms with Crippen LogP contribution in [0.2, 0.25) is 0 Å². The van der Waals surface area contributed by atoms with E-state index in [0.717, 1.165) is 5.56 Å². The number of carbonyl (C=O) groups is 2. The fourth-order valence-corrected chi connectivity index (χ4v) is 3.85. The molecule has 2 amide bonds. The Hall–Kier alpha value is -3.56. The van der Waals surface area contributed by atoms with E-state index in [9.17, 15) is 18.8 Å². The fraction of sp³-hybridized carbons (Fsp3) is 0.381. The highest BCUT2D eigenvalue weighted by molar-refractivity contribution is 5.98. The zero-order valence-corrected chi connectivity index (χ0v) is 17.3. The molecule has 2 aromatic heterocycles. The van der Waals surface area contributed by atoms with E-state index in [1.165, 1.54) is 16.6 Å². The Balaban J connectivity index is 1.38. The van der Waals surface area contributed by atoms with Crippen molar-refractivity contribution in [3.05, 3.63) is 63.6 Å². The van der Waals surface area contributed by atoms with Crippen LogP contribution in [0.25, 0.3) is 5.52 Å². The van der Waals surface area contributed by atoms with Gasteiger partial charge in [0.2, 0.25) is 5.91 Å². The summed E-state index contributed by atoms with van der Waals surface area (Å²) >= 11 is 0. The maximum absolute atomic E-state index is 13.1. The first kappa shape index (κ1) is 20.7. The molecule has 9 nitrogen and oxygen atoms in total. The van der Waals surface area contributed by atoms with E-state index in [1.54, 1.807) is 30.2 Å². The molecule has 0 radical (unpaired) electrons. The van der Waals surface area contributed by atoms with Crippen molar-refractivity contribution < 1.29 is 14.0 Å². The van der Waals surface area contributed by atoms with E-state index in [2.05, 4.69) is 20.6 Å². The van der Waals surface area contributed by atoms with E-state index < -0.39 is 5.56 Å². The Morgan fingerprint density at radius 2 is 1.90 bits per heavy atom. The molecule has 1 saturated heterocycles. The Kier molecular flexibility index (Phi) is 5.53. The van der Waals surface area contributed by atoms with Gasteiger partial charge in [-0.15, -0.1) is 5.10 Å². The lowest BCUT2D eigenvalue weighted by molar-refractivity contribution is -0.127. The number of aromatic amines is 1. The van der Waals surface area contributed by atoms with Gasteiger partial charge in [0.05, 0.1) is 12.2 Å². The van der Waals surface area contributed by atoms with Crippen LogP contribution in [0.15, 0.2) is 35.3 Å². The summed E-state index contributed by atoms with van der Waals surface area (Å²) in [5.74, 6) is -1.01. The van der Waals surface area contributed by atoms with Gasteiger partial charge in [0, 0.05) is 24.7 Å². The van der Waals surface area contributed by atoms with Gasteiger partial charge in [-0.3, -0.25) is 14.4 Å². The molecule has 1 aliphatic rings. The van der Waals surface area contributed by atoms with E-state index in [1.807, 2.05) is 6.92 Å². The van der Waals surface area contributed by atoms with Gasteiger partial charge < -0.3 is 15.2 Å². The van der Waals surface area contributed by atoms with E-state index in [0.29, 0.717) is 31.6 Å². The molecule has 3 aromatic rings. The molecule has 0 saturated carbocycles. The number of rotatable bonds is 4. The fourth-order valence-electron chi connectivity index (χ4n) is 3.85. The number of carbonyl (C=O) groups excluding carboxylic acids is 2. The van der Waals surface area contributed by atoms with Crippen molar-refractivity contribution in [2.75, 3.05) is 13.1 Å². The second-order valence-corrected chi connectivity index (χ2v) is 7.85. The molecule has 1 fully saturated rings. The maximum Gasteiger partial charge on any atom is 0.276 e. The van der Waals surface area contributed by atoms with Crippen LogP contribution >= 0.6 is 0 Å². The number of H-pyrrole nitrogens is 1. The number of aryl methyl sites for hydroxylation is 1. The maximum atomic E-state index is 13.1. The zero-order valence-electron chi connectivity index (χ0n) is 17.3. The Morgan fingerprint density at radius 1 is 1.23 bits per heavy atom. The molecule has 3 heterocycles. The third kappa shape index (κ3) is 4.18. The predicted molar refractivity (Wildman–Crippen MR) is 110 cm³/mol. The number of hydrogen-bond donors (Lipinski definition) is 2. The monoisotopic (exact) mass is 426 g/mol. The van der Waals surface area contributed by atoms with Gasteiger partial charge in [-0.05, 0) is 44.4 Å². The summed E-state index contributed by atoms with van der Waals surface area (Å²) in [6.45, 7) is 4.33. The third-order valence-electron chi connectivity index (χ3n) is 5.62. The summed E-state index contributed by atoms with van der Waals surface area (Å²) in [5.41, 5.74) is 1.14. The van der Waals surface area contributed by atoms with Gasteiger partial charge in [-0.2, -0.15) is 0 Å². The second kappa shape index (κ2) is 8.29. The van der Waals surface area contributed by atoms with E-state index in [4.69, 9.17) is 0 Å². The number of benzene rings is 1. The van der Waals surface area contributed by atoms with Crippen LogP contribution in [0, 0.1) is 18.7 Å². The third-order valence-corrected chi connectivity index (χ3v) is 5.62. The standard InChI is InChI=1S/C21H23FN6O3/c1-12-11-28-18(20(30)23-12)17(25-26-28)21(31)27-9-7-15(8-10-27)19(29)24-13(2)14-3-5-16(22)6-4-14/h3-6,11,13,15H,7-10H2,1-2H3,(H,23,30)(H,24,29)/t13-/m1/s1. The van der Waals surface area contributed by atoms with E-state index in [-0.39, 0.29) is 40.8 Å². The topological polar surface area (TPSA) is 112 Å². The smallest absolute Gasteiger partial charge is 0.276 e. The van der Waals surface area contributed by atoms with Gasteiger partial charge >= 0.3 is 0 Å². The van der Waals surface area contributed by atoms with Crippen molar-refractivity contribution in [2.45, 2.75) is 32.7 Å². The van der Waals surface area contributed by atoms with Crippen LogP contribution in [0.3, 0.4) is 0 Å². The first-order valence-corrected chi connectivity index (χ1v) is 10.1. The molecule has 0 unspecified atom stereocenters. The van der Waals surface area contributed by atoms with Gasteiger partial charge in [0.1, 0.15) is 5.82 Å². The van der Waals surface area contributed by atoms with Crippen LogP contribution in [0.4, 0.5) is 4.39 Å². The molecule has 1 atom stereocenters. The summed E-state index contributed by atoms with van der Waals surface area (Å²) in [5, 5.41) is 10.7. The summed E-state index contributed by atoms with van der Waals surface area (Å²) in [6.07, 6.45) is 2.60. The molecule has 0 aliphatic carbocycles. The Morgan fingerprint density at radius 3 is 2.58 bits per heavy atom. The van der Waals surface area contributed by atoms with Gasteiger partial charge in [0.25, 0.3) is 11.5 Å². The van der Waals surface area contributed by atoms with Crippen molar-refractivity contribution in [1.82, 2.24) is 30.0 Å². The number of likely N-dealkylation sites (tertiary alicyclic amines) is 1. The lowest BCUT2D eigenvalue weighted by Crippen LogP contribution is -2.43. The quantitative estimate of drug-likeness (QED) is 0.658. The molecular weight excluding hydrogens is 403 g/mol. The van der Waals surface area contributed by atoms with Crippen molar-refractivity contribution in [1.29, 1.82) is 0 Å². The number of nitrogens with one attached hydrogen (secondary N) is 2. The molecule has 0 bridgehead atoms. The Labute approximate surface area is 177 Å². The molecule has 1 aromatic carbocycles. The van der Waals surface area contributed by atoms with Crippen LogP contribution < -0.4 is 10.9 Å². The van der Waals surface area contributed by atoms with Gasteiger partial charge in [-0.1, -0.05) is 17.3 Å². The number of nitrogens with zero attached hydrogens (tertiary/aromatic N) is 4. The highest BCUT2D eigenvalue weighted by Crippen LogP contribution is 2.21. The normalized spacial score (nSPS) is 15.8. The summed E-state index contributed by atoms with van der Waals surface area (Å²) in [6, 6.07) is 5.78. The molecule has 31 heavy (non-hydrogen) atoms. The van der Waals surface area contributed by atoms with Crippen LogP contribution in [-0.2, 0) is 4.79 Å². The first-order chi connectivity index (χ1) is 14.8. The lowest BCUT2D eigenvalue weighted by Gasteiger charge is -2.31. The number of amides is 2. The van der Waals surface area contributed by atoms with Crippen molar-refractivity contribution >= 4 is 17.3 Å². The second-order valence-electron chi connectivity index (χ2n) is 7.85. The van der Waals surface area contributed by atoms with Crippen molar-refractivity contribution in [2.24, 2.45) is 5.92 Å². The molecule has 4 rings (SSSR count). The average Bonchev–Trinajstić information content (AvgIpc) is 3.18. The molecule has 10 heteroatoms. The van der Waals surface area contributed by atoms with Crippen LogP contribution in [0.5, 0.6) is 0 Å². The molecule has 2 N–H and O–H groups in total. The highest BCUT2D eigenvalue weighted by Gasteiger charge is 2.31. The summed E-state index contributed by atoms with van der Waals surface area (Å²) in [4.78, 5) is 42.0. The number of halogens is 1. The van der Waals surface area contributed by atoms with Crippen molar-refractivity contribution in [3.8, 4) is 0 Å². The largest absolute Gasteiger partial charge is 0.349 e. The summed E-state index contributed by atoms with van der Waals surface area (Å²) in [7, 11) is 0.